The summed E-state index contributed by atoms with van der Waals surface area (Å²) >= 11 is 1.58. The predicted molar refractivity (Wildman–Crippen MR) is 104 cm³/mol. The molecule has 0 atom stereocenters. The van der Waals surface area contributed by atoms with Gasteiger partial charge in [-0.3, -0.25) is 9.59 Å². The van der Waals surface area contributed by atoms with Crippen LogP contribution in [-0.4, -0.2) is 30.4 Å². The zero-order valence-electron chi connectivity index (χ0n) is 14.4. The van der Waals surface area contributed by atoms with Crippen LogP contribution in [0, 0.1) is 0 Å². The van der Waals surface area contributed by atoms with Crippen LogP contribution in [0.4, 0.5) is 11.4 Å². The van der Waals surface area contributed by atoms with Gasteiger partial charge in [0, 0.05) is 11.8 Å². The molecule has 0 saturated heterocycles. The number of thioether (sulfide) groups is 1. The Labute approximate surface area is 152 Å². The molecular formula is C19H22N2O3S. The van der Waals surface area contributed by atoms with Crippen LogP contribution in [0.3, 0.4) is 0 Å². The van der Waals surface area contributed by atoms with Gasteiger partial charge in [0.1, 0.15) is 5.75 Å². The van der Waals surface area contributed by atoms with Crippen molar-refractivity contribution in [2.45, 2.75) is 13.3 Å². The van der Waals surface area contributed by atoms with E-state index in [0.29, 0.717) is 28.4 Å². The molecule has 0 aromatic heterocycles. The Morgan fingerprint density at radius 3 is 2.64 bits per heavy atom. The number of hydrogen-bond acceptors (Lipinski definition) is 4. The van der Waals surface area contributed by atoms with E-state index >= 15 is 0 Å². The monoisotopic (exact) mass is 358 g/mol. The molecule has 0 aliphatic rings. The Bertz CT molecular complexity index is 734. The molecule has 5 nitrogen and oxygen atoms in total. The molecule has 0 heterocycles. The minimum Gasteiger partial charge on any atom is -0.497 e. The van der Waals surface area contributed by atoms with Crippen LogP contribution in [-0.2, 0) is 4.79 Å². The fraction of sp³-hybridized carbons (Fsp3) is 0.263. The third-order valence-electron chi connectivity index (χ3n) is 3.36. The second kappa shape index (κ2) is 9.74. The smallest absolute Gasteiger partial charge is 0.257 e. The van der Waals surface area contributed by atoms with Gasteiger partial charge in [-0.15, -0.1) is 0 Å². The Hall–Kier alpha value is -2.47. The van der Waals surface area contributed by atoms with Crippen LogP contribution in [0.2, 0.25) is 0 Å². The van der Waals surface area contributed by atoms with Crippen LogP contribution in [0.25, 0.3) is 0 Å². The predicted octanol–water partition coefficient (Wildman–Crippen LogP) is 4.03. The Balaban J connectivity index is 2.08. The summed E-state index contributed by atoms with van der Waals surface area (Å²) < 4.78 is 5.15. The first-order chi connectivity index (χ1) is 12.1. The average Bonchev–Trinajstić information content (AvgIpc) is 2.62. The van der Waals surface area contributed by atoms with Crippen molar-refractivity contribution in [2.24, 2.45) is 0 Å². The highest BCUT2D eigenvalue weighted by Crippen LogP contribution is 2.20. The lowest BCUT2D eigenvalue weighted by Crippen LogP contribution is -2.19. The first-order valence-electron chi connectivity index (χ1n) is 8.06. The quantitative estimate of drug-likeness (QED) is 0.699. The number of hydrogen-bond donors (Lipinski definition) is 2. The van der Waals surface area contributed by atoms with Gasteiger partial charge in [0.05, 0.1) is 24.1 Å². The van der Waals surface area contributed by atoms with Crippen molar-refractivity contribution in [3.63, 3.8) is 0 Å². The number of rotatable bonds is 8. The number of carbonyl (C=O) groups excluding carboxylic acids is 2. The molecule has 132 valence electrons. The highest BCUT2D eigenvalue weighted by atomic mass is 32.2. The highest BCUT2D eigenvalue weighted by molar-refractivity contribution is 7.99. The van der Waals surface area contributed by atoms with Crippen molar-refractivity contribution in [1.29, 1.82) is 0 Å². The van der Waals surface area contributed by atoms with Crippen LogP contribution in [0.1, 0.15) is 23.7 Å². The molecule has 25 heavy (non-hydrogen) atoms. The Morgan fingerprint density at radius 1 is 1.08 bits per heavy atom. The molecule has 2 rings (SSSR count). The number of amides is 2. The van der Waals surface area contributed by atoms with E-state index in [1.54, 1.807) is 67.4 Å². The fourth-order valence-corrected chi connectivity index (χ4v) is 2.88. The maximum Gasteiger partial charge on any atom is 0.257 e. The zero-order chi connectivity index (χ0) is 18.1. The van der Waals surface area contributed by atoms with Crippen molar-refractivity contribution in [3.05, 3.63) is 54.1 Å². The molecule has 6 heteroatoms. The molecule has 0 saturated carbocycles. The van der Waals surface area contributed by atoms with Gasteiger partial charge in [-0.05, 0) is 36.4 Å². The van der Waals surface area contributed by atoms with E-state index in [9.17, 15) is 9.59 Å². The number of ether oxygens (including phenoxy) is 1. The number of anilines is 2. The van der Waals surface area contributed by atoms with Crippen molar-refractivity contribution in [2.75, 3.05) is 29.2 Å². The number of methoxy groups -OCH3 is 1. The van der Waals surface area contributed by atoms with Crippen LogP contribution >= 0.6 is 11.8 Å². The van der Waals surface area contributed by atoms with E-state index in [-0.39, 0.29) is 11.8 Å². The van der Waals surface area contributed by atoms with Crippen LogP contribution < -0.4 is 15.4 Å². The van der Waals surface area contributed by atoms with Crippen LogP contribution in [0.15, 0.2) is 48.5 Å². The molecule has 0 bridgehead atoms. The summed E-state index contributed by atoms with van der Waals surface area (Å²) in [6.45, 7) is 2.07. The third kappa shape index (κ3) is 5.83. The maximum absolute atomic E-state index is 12.6. The van der Waals surface area contributed by atoms with Gasteiger partial charge in [0.25, 0.3) is 5.91 Å². The van der Waals surface area contributed by atoms with E-state index in [4.69, 9.17) is 4.74 Å². The largest absolute Gasteiger partial charge is 0.497 e. The molecule has 0 aliphatic heterocycles. The second-order valence-electron chi connectivity index (χ2n) is 5.33. The summed E-state index contributed by atoms with van der Waals surface area (Å²) in [5.41, 5.74) is 1.55. The molecule has 0 fully saturated rings. The normalized spacial score (nSPS) is 10.2. The maximum atomic E-state index is 12.6. The highest BCUT2D eigenvalue weighted by Gasteiger charge is 2.13. The van der Waals surface area contributed by atoms with E-state index in [1.807, 2.05) is 0 Å². The molecule has 2 aromatic carbocycles. The van der Waals surface area contributed by atoms with Gasteiger partial charge in [-0.1, -0.05) is 25.1 Å². The van der Waals surface area contributed by atoms with Gasteiger partial charge in [-0.25, -0.2) is 0 Å². The van der Waals surface area contributed by atoms with E-state index in [2.05, 4.69) is 17.6 Å². The SMILES string of the molecule is CCCSCC(=O)Nc1ccccc1C(=O)Nc1cccc(OC)c1. The molecule has 0 radical (unpaired) electrons. The molecule has 2 aromatic rings. The lowest BCUT2D eigenvalue weighted by atomic mass is 10.1. The van der Waals surface area contributed by atoms with Crippen molar-refractivity contribution >= 4 is 35.0 Å². The Morgan fingerprint density at radius 2 is 1.88 bits per heavy atom. The molecule has 0 unspecified atom stereocenters. The van der Waals surface area contributed by atoms with E-state index in [1.165, 1.54) is 0 Å². The number of nitrogens with one attached hydrogen (secondary N) is 2. The summed E-state index contributed by atoms with van der Waals surface area (Å²) in [6, 6.07) is 14.1. The van der Waals surface area contributed by atoms with Crippen molar-refractivity contribution in [3.8, 4) is 5.75 Å². The molecule has 2 amide bonds. The van der Waals surface area contributed by atoms with Gasteiger partial charge >= 0.3 is 0 Å². The summed E-state index contributed by atoms with van der Waals surface area (Å²) in [6.07, 6.45) is 1.03. The van der Waals surface area contributed by atoms with Gasteiger partial charge < -0.3 is 15.4 Å². The average molecular weight is 358 g/mol. The standard InChI is InChI=1S/C19H22N2O3S/c1-3-11-25-13-18(22)21-17-10-5-4-9-16(17)19(23)20-14-7-6-8-15(12-14)24-2/h4-10,12H,3,11,13H2,1-2H3,(H,20,23)(H,21,22). The first-order valence-corrected chi connectivity index (χ1v) is 9.21. The summed E-state index contributed by atoms with van der Waals surface area (Å²) in [5, 5.41) is 5.64. The topological polar surface area (TPSA) is 67.4 Å². The zero-order valence-corrected chi connectivity index (χ0v) is 15.2. The molecule has 0 spiro atoms. The summed E-state index contributed by atoms with van der Waals surface area (Å²) in [4.78, 5) is 24.6. The second-order valence-corrected chi connectivity index (χ2v) is 6.44. The number of benzene rings is 2. The minimum absolute atomic E-state index is 0.111. The van der Waals surface area contributed by atoms with Gasteiger partial charge in [-0.2, -0.15) is 11.8 Å². The first kappa shape index (κ1) is 18.9. The lowest BCUT2D eigenvalue weighted by Gasteiger charge is -2.12. The number of para-hydroxylation sites is 1. The molecule has 2 N–H and O–H groups in total. The van der Waals surface area contributed by atoms with Crippen LogP contribution in [0.5, 0.6) is 5.75 Å². The lowest BCUT2D eigenvalue weighted by molar-refractivity contribution is -0.113. The summed E-state index contributed by atoms with van der Waals surface area (Å²) in [5.74, 6) is 1.57. The third-order valence-corrected chi connectivity index (χ3v) is 4.52. The fourth-order valence-electron chi connectivity index (χ4n) is 2.18. The van der Waals surface area contributed by atoms with E-state index in [0.717, 1.165) is 12.2 Å². The van der Waals surface area contributed by atoms with Gasteiger partial charge in [0.15, 0.2) is 0 Å². The number of carbonyl (C=O) groups is 2. The van der Waals surface area contributed by atoms with Gasteiger partial charge in [0.2, 0.25) is 5.91 Å². The van der Waals surface area contributed by atoms with E-state index < -0.39 is 0 Å². The molecular weight excluding hydrogens is 336 g/mol. The molecule has 0 aliphatic carbocycles. The van der Waals surface area contributed by atoms with Crippen molar-refractivity contribution in [1.82, 2.24) is 0 Å². The van der Waals surface area contributed by atoms with Crippen molar-refractivity contribution < 1.29 is 14.3 Å². The minimum atomic E-state index is -0.287. The summed E-state index contributed by atoms with van der Waals surface area (Å²) in [7, 11) is 1.57. The Kier molecular flexibility index (Phi) is 7.35.